The van der Waals surface area contributed by atoms with Gasteiger partial charge in [0, 0.05) is 43.8 Å². The molecule has 156 valence electrons. The summed E-state index contributed by atoms with van der Waals surface area (Å²) in [5.41, 5.74) is 9.07. The van der Waals surface area contributed by atoms with E-state index in [0.29, 0.717) is 6.42 Å². The lowest BCUT2D eigenvalue weighted by Gasteiger charge is -2.42. The van der Waals surface area contributed by atoms with Crippen molar-refractivity contribution in [2.24, 2.45) is 5.73 Å². The minimum Gasteiger partial charge on any atom is -0.387 e. The molecule has 3 N–H and O–H groups in total. The third kappa shape index (κ3) is 4.38. The number of rotatable bonds is 5. The van der Waals surface area contributed by atoms with E-state index in [0.717, 1.165) is 61.7 Å². The fraction of sp³-hybridized carbons (Fsp3) is 0.524. The summed E-state index contributed by atoms with van der Waals surface area (Å²) in [6.07, 6.45) is 3.24. The van der Waals surface area contributed by atoms with Crippen LogP contribution in [0.3, 0.4) is 0 Å². The van der Waals surface area contributed by atoms with Crippen molar-refractivity contribution >= 4 is 17.4 Å². The molecule has 4 rings (SSSR count). The van der Waals surface area contributed by atoms with Crippen LogP contribution in [0.2, 0.25) is 5.02 Å². The summed E-state index contributed by atoms with van der Waals surface area (Å²) in [5.74, 6) is 0.556. The normalized spacial score (nSPS) is 23.3. The highest BCUT2D eigenvalue weighted by Gasteiger charge is 2.31. The molecule has 6 nitrogen and oxygen atoms in total. The van der Waals surface area contributed by atoms with E-state index in [1.807, 2.05) is 6.07 Å². The lowest BCUT2D eigenvalue weighted by Crippen LogP contribution is -2.55. The zero-order chi connectivity index (χ0) is 20.5. The molecule has 3 atom stereocenters. The van der Waals surface area contributed by atoms with Gasteiger partial charge in [0.15, 0.2) is 0 Å². The van der Waals surface area contributed by atoms with Gasteiger partial charge >= 0.3 is 0 Å². The van der Waals surface area contributed by atoms with Crippen LogP contribution in [0.1, 0.15) is 36.3 Å². The standard InChI is InChI=1S/C21H27ClFN5O/c1-13-10-27(11-15(24)8-14-2-4-17(22)18(23)9-14)6-7-28(13)21-16-3-5-19(29)20(16)25-12-26-21/h2,4,9,12-13,15,19,29H,3,5-8,10-11,24H2,1H3/t13-,15+,19+/m0/s1. The number of nitrogens with zero attached hydrogens (tertiary/aromatic N) is 4. The van der Waals surface area contributed by atoms with Gasteiger partial charge in [-0.25, -0.2) is 14.4 Å². The van der Waals surface area contributed by atoms with E-state index in [1.165, 1.54) is 6.07 Å². The number of aromatic nitrogens is 2. The molecule has 1 fully saturated rings. The van der Waals surface area contributed by atoms with Crippen molar-refractivity contribution in [3.05, 3.63) is 52.2 Å². The lowest BCUT2D eigenvalue weighted by molar-refractivity contribution is 0.175. The van der Waals surface area contributed by atoms with E-state index >= 15 is 0 Å². The molecule has 0 bridgehead atoms. The molecule has 0 amide bonds. The summed E-state index contributed by atoms with van der Waals surface area (Å²) >= 11 is 5.75. The Morgan fingerprint density at radius 2 is 2.17 bits per heavy atom. The van der Waals surface area contributed by atoms with E-state index in [2.05, 4.69) is 26.7 Å². The summed E-state index contributed by atoms with van der Waals surface area (Å²) in [4.78, 5) is 13.5. The van der Waals surface area contributed by atoms with Crippen LogP contribution in [0.15, 0.2) is 24.5 Å². The summed E-state index contributed by atoms with van der Waals surface area (Å²) in [6.45, 7) is 5.55. The highest BCUT2D eigenvalue weighted by molar-refractivity contribution is 6.30. The van der Waals surface area contributed by atoms with Gasteiger partial charge in [-0.1, -0.05) is 17.7 Å². The maximum Gasteiger partial charge on any atom is 0.142 e. The fourth-order valence-electron chi connectivity index (χ4n) is 4.49. The number of piperazine rings is 1. The van der Waals surface area contributed by atoms with Crippen molar-refractivity contribution in [2.45, 2.75) is 44.4 Å². The first-order valence-corrected chi connectivity index (χ1v) is 10.5. The molecule has 8 heteroatoms. The Morgan fingerprint density at radius 3 is 2.93 bits per heavy atom. The van der Waals surface area contributed by atoms with E-state index in [1.54, 1.807) is 12.4 Å². The van der Waals surface area contributed by atoms with Crippen molar-refractivity contribution in [1.29, 1.82) is 0 Å². The molecule has 1 saturated heterocycles. The van der Waals surface area contributed by atoms with Crippen molar-refractivity contribution in [3.63, 3.8) is 0 Å². The van der Waals surface area contributed by atoms with Crippen molar-refractivity contribution in [3.8, 4) is 0 Å². The first-order valence-electron chi connectivity index (χ1n) is 10.1. The average Bonchev–Trinajstić information content (AvgIpc) is 3.06. The average molecular weight is 420 g/mol. The largest absolute Gasteiger partial charge is 0.387 e. The molecular weight excluding hydrogens is 393 g/mol. The number of halogens is 2. The third-order valence-corrected chi connectivity index (χ3v) is 6.20. The summed E-state index contributed by atoms with van der Waals surface area (Å²) in [7, 11) is 0. The highest BCUT2D eigenvalue weighted by Crippen LogP contribution is 2.35. The second-order valence-electron chi connectivity index (χ2n) is 8.13. The smallest absolute Gasteiger partial charge is 0.142 e. The fourth-order valence-corrected chi connectivity index (χ4v) is 4.61. The third-order valence-electron chi connectivity index (χ3n) is 5.90. The number of anilines is 1. The Hall–Kier alpha value is -1.80. The Kier molecular flexibility index (Phi) is 6.01. The van der Waals surface area contributed by atoms with Crippen LogP contribution in [0.4, 0.5) is 10.2 Å². The van der Waals surface area contributed by atoms with Crippen LogP contribution in [-0.4, -0.2) is 58.2 Å². The number of aliphatic hydroxyl groups excluding tert-OH is 1. The SMILES string of the molecule is C[C@H]1CN(C[C@H](N)Cc2ccc(Cl)c(F)c2)CCN1c1ncnc2c1CC[C@H]2O. The zero-order valence-electron chi connectivity index (χ0n) is 16.6. The molecule has 0 spiro atoms. The van der Waals surface area contributed by atoms with Gasteiger partial charge < -0.3 is 15.7 Å². The Balaban J connectivity index is 1.36. The number of nitrogens with two attached hydrogens (primary N) is 1. The molecule has 1 aromatic heterocycles. The van der Waals surface area contributed by atoms with Crippen LogP contribution in [0.5, 0.6) is 0 Å². The molecule has 0 radical (unpaired) electrons. The second kappa shape index (κ2) is 8.52. The lowest BCUT2D eigenvalue weighted by atomic mass is 10.0. The maximum atomic E-state index is 13.6. The van der Waals surface area contributed by atoms with Gasteiger partial charge in [-0.2, -0.15) is 0 Å². The number of aliphatic hydroxyl groups is 1. The maximum absolute atomic E-state index is 13.6. The van der Waals surface area contributed by atoms with Crippen molar-refractivity contribution in [2.75, 3.05) is 31.1 Å². The number of hydrogen-bond donors (Lipinski definition) is 2. The summed E-state index contributed by atoms with van der Waals surface area (Å²) in [6, 6.07) is 5.08. The first kappa shape index (κ1) is 20.5. The predicted molar refractivity (Wildman–Crippen MR) is 112 cm³/mol. The van der Waals surface area contributed by atoms with Gasteiger partial charge in [0.05, 0.1) is 16.8 Å². The van der Waals surface area contributed by atoms with Gasteiger partial charge in [0.2, 0.25) is 0 Å². The van der Waals surface area contributed by atoms with Crippen LogP contribution < -0.4 is 10.6 Å². The minimum atomic E-state index is -0.473. The monoisotopic (exact) mass is 419 g/mol. The highest BCUT2D eigenvalue weighted by atomic mass is 35.5. The minimum absolute atomic E-state index is 0.0761. The molecule has 0 saturated carbocycles. The number of benzene rings is 1. The van der Waals surface area contributed by atoms with Gasteiger partial charge in [-0.15, -0.1) is 0 Å². The van der Waals surface area contributed by atoms with Crippen LogP contribution in [-0.2, 0) is 12.8 Å². The summed E-state index contributed by atoms with van der Waals surface area (Å²) < 4.78 is 13.6. The Morgan fingerprint density at radius 1 is 1.34 bits per heavy atom. The zero-order valence-corrected chi connectivity index (χ0v) is 17.3. The van der Waals surface area contributed by atoms with Crippen molar-refractivity contribution in [1.82, 2.24) is 14.9 Å². The number of fused-ring (bicyclic) bond motifs is 1. The molecular formula is C21H27ClFN5O. The molecule has 1 aromatic carbocycles. The van der Waals surface area contributed by atoms with Crippen LogP contribution in [0.25, 0.3) is 0 Å². The van der Waals surface area contributed by atoms with Crippen LogP contribution in [0, 0.1) is 5.82 Å². The molecule has 29 heavy (non-hydrogen) atoms. The molecule has 1 aliphatic carbocycles. The van der Waals surface area contributed by atoms with E-state index in [4.69, 9.17) is 17.3 Å². The van der Waals surface area contributed by atoms with Gasteiger partial charge in [0.1, 0.15) is 18.0 Å². The second-order valence-corrected chi connectivity index (χ2v) is 8.54. The molecule has 2 heterocycles. The quantitative estimate of drug-likeness (QED) is 0.774. The van der Waals surface area contributed by atoms with Gasteiger partial charge in [-0.3, -0.25) is 4.90 Å². The molecule has 2 aliphatic rings. The molecule has 0 unspecified atom stereocenters. The van der Waals surface area contributed by atoms with Gasteiger partial charge in [-0.05, 0) is 43.9 Å². The van der Waals surface area contributed by atoms with E-state index in [9.17, 15) is 9.50 Å². The van der Waals surface area contributed by atoms with Gasteiger partial charge in [0.25, 0.3) is 0 Å². The Bertz CT molecular complexity index is 882. The van der Waals surface area contributed by atoms with Crippen molar-refractivity contribution < 1.29 is 9.50 Å². The number of hydrogen-bond acceptors (Lipinski definition) is 6. The molecule has 2 aromatic rings. The summed E-state index contributed by atoms with van der Waals surface area (Å²) in [5, 5.41) is 10.2. The van der Waals surface area contributed by atoms with E-state index in [-0.39, 0.29) is 17.1 Å². The first-order chi connectivity index (χ1) is 13.9. The Labute approximate surface area is 175 Å². The van der Waals surface area contributed by atoms with E-state index < -0.39 is 11.9 Å². The molecule has 1 aliphatic heterocycles. The topological polar surface area (TPSA) is 78.5 Å². The van der Waals surface area contributed by atoms with Crippen LogP contribution >= 0.6 is 11.6 Å². The predicted octanol–water partition coefficient (Wildman–Crippen LogP) is 2.33.